The highest BCUT2D eigenvalue weighted by molar-refractivity contribution is 5.79. The summed E-state index contributed by atoms with van der Waals surface area (Å²) in [7, 11) is 3.20. The Bertz CT molecular complexity index is 1410. The molecule has 166 valence electrons. The summed E-state index contributed by atoms with van der Waals surface area (Å²) in [5, 5.41) is 3.24. The molecule has 9 heteroatoms. The molecule has 1 N–H and O–H groups in total. The van der Waals surface area contributed by atoms with Crippen molar-refractivity contribution in [1.29, 1.82) is 0 Å². The van der Waals surface area contributed by atoms with Crippen molar-refractivity contribution in [3.63, 3.8) is 0 Å². The second-order valence-electron chi connectivity index (χ2n) is 7.18. The first-order valence-corrected chi connectivity index (χ1v) is 10.2. The van der Waals surface area contributed by atoms with Gasteiger partial charge in [0.15, 0.2) is 11.5 Å². The highest BCUT2D eigenvalue weighted by Crippen LogP contribution is 2.32. The Balaban J connectivity index is 1.47. The van der Waals surface area contributed by atoms with Gasteiger partial charge in [-0.15, -0.1) is 0 Å². The van der Waals surface area contributed by atoms with Crippen LogP contribution in [0.25, 0.3) is 28.5 Å². The van der Waals surface area contributed by atoms with Crippen LogP contribution in [-0.4, -0.2) is 33.6 Å². The van der Waals surface area contributed by atoms with Crippen LogP contribution in [0.15, 0.2) is 71.6 Å². The molecule has 0 spiro atoms. The van der Waals surface area contributed by atoms with Crippen molar-refractivity contribution in [2.75, 3.05) is 19.5 Å². The third-order valence-corrected chi connectivity index (χ3v) is 5.18. The van der Waals surface area contributed by atoms with Crippen LogP contribution in [0, 0.1) is 5.82 Å². The van der Waals surface area contributed by atoms with Crippen LogP contribution in [0.5, 0.6) is 11.5 Å². The van der Waals surface area contributed by atoms with Gasteiger partial charge in [-0.25, -0.2) is 14.4 Å². The number of benzene rings is 2. The van der Waals surface area contributed by atoms with Gasteiger partial charge in [-0.2, -0.15) is 4.98 Å². The molecule has 0 saturated carbocycles. The molecule has 0 unspecified atom stereocenters. The van der Waals surface area contributed by atoms with E-state index in [1.807, 2.05) is 18.2 Å². The Kier molecular flexibility index (Phi) is 5.35. The average molecular weight is 445 g/mol. The fraction of sp³-hybridized carbons (Fsp3) is 0.125. The topological polar surface area (TPSA) is 86.7 Å². The molecule has 3 aromatic heterocycles. The standard InChI is InChI=1S/C24H20FN5O3/c1-31-19-8-3-15(13-20(19)32-2)14-27-23-26-10-9-18(28-23)22-21(16-4-6-17(25)7-5-16)29-24-30(22)11-12-33-24/h3-13H,14H2,1-2H3,(H,26,27,28). The number of imidazole rings is 1. The molecular weight excluding hydrogens is 425 g/mol. The smallest absolute Gasteiger partial charge is 0.306 e. The number of halogens is 1. The molecule has 8 nitrogen and oxygen atoms in total. The zero-order valence-corrected chi connectivity index (χ0v) is 17.9. The molecule has 5 rings (SSSR count). The highest BCUT2D eigenvalue weighted by Gasteiger charge is 2.19. The Morgan fingerprint density at radius 2 is 1.82 bits per heavy atom. The van der Waals surface area contributed by atoms with Gasteiger partial charge in [0.1, 0.15) is 23.5 Å². The molecule has 0 bridgehead atoms. The van der Waals surface area contributed by atoms with Crippen molar-refractivity contribution in [3.8, 4) is 34.1 Å². The van der Waals surface area contributed by atoms with Gasteiger partial charge in [0, 0.05) is 24.5 Å². The number of hydrogen-bond donors (Lipinski definition) is 1. The minimum atomic E-state index is -0.313. The fourth-order valence-corrected chi connectivity index (χ4v) is 3.59. The highest BCUT2D eigenvalue weighted by atomic mass is 19.1. The molecule has 0 aliphatic heterocycles. The van der Waals surface area contributed by atoms with E-state index in [0.717, 1.165) is 16.8 Å². The maximum absolute atomic E-state index is 13.5. The van der Waals surface area contributed by atoms with E-state index < -0.39 is 0 Å². The molecule has 3 heterocycles. The van der Waals surface area contributed by atoms with Crippen molar-refractivity contribution in [3.05, 3.63) is 78.6 Å². The Morgan fingerprint density at radius 1 is 1.00 bits per heavy atom. The normalized spacial score (nSPS) is 11.0. The lowest BCUT2D eigenvalue weighted by Crippen LogP contribution is -2.05. The molecular formula is C24H20FN5O3. The van der Waals surface area contributed by atoms with Crippen LogP contribution >= 0.6 is 0 Å². The summed E-state index contributed by atoms with van der Waals surface area (Å²) < 4.78 is 31.4. The summed E-state index contributed by atoms with van der Waals surface area (Å²) in [5.41, 5.74) is 3.74. The summed E-state index contributed by atoms with van der Waals surface area (Å²) in [6.45, 7) is 0.488. The van der Waals surface area contributed by atoms with Crippen molar-refractivity contribution in [2.45, 2.75) is 6.54 Å². The molecule has 0 fully saturated rings. The Morgan fingerprint density at radius 3 is 2.61 bits per heavy atom. The summed E-state index contributed by atoms with van der Waals surface area (Å²) in [4.78, 5) is 13.6. The second kappa shape index (κ2) is 8.62. The lowest BCUT2D eigenvalue weighted by atomic mass is 10.1. The van der Waals surface area contributed by atoms with Crippen LogP contribution < -0.4 is 14.8 Å². The molecule has 2 aromatic carbocycles. The maximum Gasteiger partial charge on any atom is 0.306 e. The quantitative estimate of drug-likeness (QED) is 0.384. The third kappa shape index (κ3) is 3.96. The van der Waals surface area contributed by atoms with Gasteiger partial charge in [-0.3, -0.25) is 4.40 Å². The number of anilines is 1. The molecule has 0 saturated heterocycles. The Labute approximate surface area is 188 Å². The summed E-state index contributed by atoms with van der Waals surface area (Å²) in [6.07, 6.45) is 4.99. The lowest BCUT2D eigenvalue weighted by molar-refractivity contribution is 0.354. The first-order valence-electron chi connectivity index (χ1n) is 10.2. The number of ether oxygens (including phenoxy) is 2. The molecule has 0 aliphatic carbocycles. The summed E-state index contributed by atoms with van der Waals surface area (Å²) >= 11 is 0. The zero-order valence-electron chi connectivity index (χ0n) is 17.9. The van der Waals surface area contributed by atoms with E-state index in [1.165, 1.54) is 12.1 Å². The predicted octanol–water partition coefficient (Wildman–Crippen LogP) is 4.82. The number of nitrogens with zero attached hydrogens (tertiary/aromatic N) is 4. The van der Waals surface area contributed by atoms with E-state index in [0.29, 0.717) is 41.2 Å². The number of fused-ring (bicyclic) bond motifs is 1. The van der Waals surface area contributed by atoms with E-state index in [2.05, 4.69) is 20.3 Å². The van der Waals surface area contributed by atoms with Crippen LogP contribution in [0.3, 0.4) is 0 Å². The van der Waals surface area contributed by atoms with E-state index >= 15 is 0 Å². The lowest BCUT2D eigenvalue weighted by Gasteiger charge is -2.11. The van der Waals surface area contributed by atoms with Gasteiger partial charge in [0.2, 0.25) is 5.95 Å². The van der Waals surface area contributed by atoms with Crippen molar-refractivity contribution in [1.82, 2.24) is 19.4 Å². The summed E-state index contributed by atoms with van der Waals surface area (Å²) in [5.74, 6) is 1.87. The molecule has 0 radical (unpaired) electrons. The number of hydrogen-bond acceptors (Lipinski definition) is 7. The van der Waals surface area contributed by atoms with Crippen molar-refractivity contribution in [2.24, 2.45) is 0 Å². The van der Waals surface area contributed by atoms with Gasteiger partial charge in [-0.1, -0.05) is 6.07 Å². The number of aromatic nitrogens is 4. The molecule has 0 aliphatic rings. The summed E-state index contributed by atoms with van der Waals surface area (Å²) in [6, 6.07) is 13.6. The van der Waals surface area contributed by atoms with Gasteiger partial charge in [0.25, 0.3) is 0 Å². The van der Waals surface area contributed by atoms with E-state index in [-0.39, 0.29) is 5.82 Å². The fourth-order valence-electron chi connectivity index (χ4n) is 3.59. The SMILES string of the molecule is COc1ccc(CNc2nccc(-c3c(-c4ccc(F)cc4)nc4occn34)n2)cc1OC. The average Bonchev–Trinajstić information content (AvgIpc) is 3.44. The molecule has 33 heavy (non-hydrogen) atoms. The maximum atomic E-state index is 13.5. The van der Waals surface area contributed by atoms with Crippen molar-refractivity contribution >= 4 is 11.8 Å². The van der Waals surface area contributed by atoms with Gasteiger partial charge in [0.05, 0.1) is 19.9 Å². The van der Waals surface area contributed by atoms with Gasteiger partial charge >= 0.3 is 5.84 Å². The van der Waals surface area contributed by atoms with Gasteiger partial charge in [-0.05, 0) is 48.0 Å². The number of rotatable bonds is 7. The van der Waals surface area contributed by atoms with E-state index in [4.69, 9.17) is 13.9 Å². The first kappa shape index (κ1) is 20.5. The molecule has 5 aromatic rings. The van der Waals surface area contributed by atoms with Crippen LogP contribution in [0.4, 0.5) is 10.3 Å². The number of oxazole rings is 1. The van der Waals surface area contributed by atoms with E-state index in [9.17, 15) is 4.39 Å². The van der Waals surface area contributed by atoms with Crippen LogP contribution in [-0.2, 0) is 6.54 Å². The molecule has 0 atom stereocenters. The van der Waals surface area contributed by atoms with Gasteiger partial charge < -0.3 is 19.2 Å². The monoisotopic (exact) mass is 445 g/mol. The zero-order chi connectivity index (χ0) is 22.8. The number of nitrogens with one attached hydrogen (secondary N) is 1. The largest absolute Gasteiger partial charge is 0.493 e. The Hall–Kier alpha value is -4.40. The number of methoxy groups -OCH3 is 2. The second-order valence-corrected chi connectivity index (χ2v) is 7.18. The van der Waals surface area contributed by atoms with Crippen LogP contribution in [0.1, 0.15) is 5.56 Å². The van der Waals surface area contributed by atoms with Crippen LogP contribution in [0.2, 0.25) is 0 Å². The molecule has 0 amide bonds. The first-order chi connectivity index (χ1) is 16.2. The van der Waals surface area contributed by atoms with E-state index in [1.54, 1.807) is 55.5 Å². The minimum absolute atomic E-state index is 0.313. The van der Waals surface area contributed by atoms with Crippen molar-refractivity contribution < 1.29 is 18.3 Å². The third-order valence-electron chi connectivity index (χ3n) is 5.18. The minimum Gasteiger partial charge on any atom is -0.493 e. The predicted molar refractivity (Wildman–Crippen MR) is 121 cm³/mol.